The molecule has 0 saturated carbocycles. The zero-order valence-electron chi connectivity index (χ0n) is 13.8. The molecule has 0 aliphatic carbocycles. The van der Waals surface area contributed by atoms with Crippen molar-refractivity contribution in [3.63, 3.8) is 0 Å². The summed E-state index contributed by atoms with van der Waals surface area (Å²) in [7, 11) is 1.88. The lowest BCUT2D eigenvalue weighted by molar-refractivity contribution is -0.138. The van der Waals surface area contributed by atoms with Gasteiger partial charge in [-0.25, -0.2) is 0 Å². The molecule has 4 N–H and O–H groups in total. The minimum atomic E-state index is -0.855. The van der Waals surface area contributed by atoms with Crippen LogP contribution in [-0.4, -0.2) is 90.4 Å². The maximum absolute atomic E-state index is 10.2. The van der Waals surface area contributed by atoms with Crippen LogP contribution in [0.1, 0.15) is 6.42 Å². The molecule has 0 aromatic heterocycles. The van der Waals surface area contributed by atoms with Crippen LogP contribution in [-0.2, 0) is 28.5 Å². The van der Waals surface area contributed by atoms with E-state index >= 15 is 0 Å². The molecule has 9 heteroatoms. The van der Waals surface area contributed by atoms with Crippen LogP contribution in [0.5, 0.6) is 0 Å². The molecule has 0 spiro atoms. The van der Waals surface area contributed by atoms with Crippen molar-refractivity contribution in [1.82, 2.24) is 5.32 Å². The third-order valence-corrected chi connectivity index (χ3v) is 2.17. The predicted molar refractivity (Wildman–Crippen MR) is 84.6 cm³/mol. The number of aliphatic carboxylic acids is 1. The van der Waals surface area contributed by atoms with Gasteiger partial charge < -0.3 is 39.9 Å². The molecule has 0 rings (SSSR count). The highest BCUT2D eigenvalue weighted by atomic mass is 16.6. The molecule has 23 heavy (non-hydrogen) atoms. The van der Waals surface area contributed by atoms with Crippen molar-refractivity contribution in [3.05, 3.63) is 0 Å². The molecule has 0 saturated heterocycles. The van der Waals surface area contributed by atoms with E-state index in [0.29, 0.717) is 52.5 Å². The summed E-state index contributed by atoms with van der Waals surface area (Å²) in [6.07, 6.45) is 0.677. The van der Waals surface area contributed by atoms with Crippen molar-refractivity contribution < 1.29 is 33.6 Å². The zero-order valence-corrected chi connectivity index (χ0v) is 13.8. The average molecular weight is 338 g/mol. The van der Waals surface area contributed by atoms with Gasteiger partial charge in [0, 0.05) is 13.1 Å². The second kappa shape index (κ2) is 23.2. The van der Waals surface area contributed by atoms with Crippen LogP contribution < -0.4 is 11.1 Å². The maximum atomic E-state index is 10.2. The number of carboxylic acids is 1. The highest BCUT2D eigenvalue weighted by Gasteiger charge is 1.96. The van der Waals surface area contributed by atoms with Crippen LogP contribution in [0.3, 0.4) is 0 Å². The second-order valence-corrected chi connectivity index (χ2v) is 4.10. The van der Waals surface area contributed by atoms with Crippen LogP contribution in [0.4, 0.5) is 0 Å². The molecule has 0 fully saturated rings. The van der Waals surface area contributed by atoms with Crippen LogP contribution in [0, 0.1) is 0 Å². The quantitative estimate of drug-likeness (QED) is 0.237. The first-order chi connectivity index (χ1) is 11.2. The van der Waals surface area contributed by atoms with E-state index in [9.17, 15) is 4.79 Å². The number of carbonyl (C=O) groups is 2. The third kappa shape index (κ3) is 29.5. The molecule has 0 atom stereocenters. The van der Waals surface area contributed by atoms with Gasteiger partial charge in [-0.1, -0.05) is 0 Å². The van der Waals surface area contributed by atoms with E-state index in [1.54, 1.807) is 0 Å². The summed E-state index contributed by atoms with van der Waals surface area (Å²) in [6.45, 7) is 4.89. The van der Waals surface area contributed by atoms with Gasteiger partial charge in [0.1, 0.15) is 6.29 Å². The Balaban J connectivity index is 0. The number of carboxylic acid groups (broad SMARTS) is 1. The number of carbonyl (C=O) groups excluding carboxylic acids is 1. The number of nitrogens with one attached hydrogen (secondary N) is 1. The van der Waals surface area contributed by atoms with Crippen molar-refractivity contribution in [1.29, 1.82) is 0 Å². The van der Waals surface area contributed by atoms with Crippen LogP contribution in [0.25, 0.3) is 0 Å². The molecule has 0 bridgehead atoms. The molecule has 0 aromatic carbocycles. The Bertz CT molecular complexity index is 255. The maximum Gasteiger partial charge on any atom is 0.305 e. The number of likely N-dealkylation sites (N-methyl/N-ethyl adjacent to an activating group) is 1. The first-order valence-corrected chi connectivity index (χ1v) is 7.50. The van der Waals surface area contributed by atoms with E-state index in [0.717, 1.165) is 6.54 Å². The van der Waals surface area contributed by atoms with Crippen molar-refractivity contribution in [2.75, 3.05) is 73.0 Å². The predicted octanol–water partition coefficient (Wildman–Crippen LogP) is -1.11. The van der Waals surface area contributed by atoms with Gasteiger partial charge in [-0.05, 0) is 7.05 Å². The monoisotopic (exact) mass is 338 g/mol. The van der Waals surface area contributed by atoms with Crippen molar-refractivity contribution in [2.24, 2.45) is 5.73 Å². The molecule has 0 radical (unpaired) electrons. The summed E-state index contributed by atoms with van der Waals surface area (Å²) in [4.78, 5) is 19.2. The summed E-state index contributed by atoms with van der Waals surface area (Å²) >= 11 is 0. The van der Waals surface area contributed by atoms with Gasteiger partial charge in [0.2, 0.25) is 0 Å². The summed E-state index contributed by atoms with van der Waals surface area (Å²) in [5.41, 5.74) is 4.66. The summed E-state index contributed by atoms with van der Waals surface area (Å²) in [6, 6.07) is 0. The molecule has 0 aromatic rings. The van der Waals surface area contributed by atoms with Crippen LogP contribution >= 0.6 is 0 Å². The largest absolute Gasteiger partial charge is 0.481 e. The fraction of sp³-hybridized carbons (Fsp3) is 0.857. The lowest BCUT2D eigenvalue weighted by Crippen LogP contribution is -2.17. The van der Waals surface area contributed by atoms with Gasteiger partial charge in [0.25, 0.3) is 0 Å². The van der Waals surface area contributed by atoms with Crippen molar-refractivity contribution in [3.8, 4) is 0 Å². The molecular formula is C14H30N2O7. The summed E-state index contributed by atoms with van der Waals surface area (Å²) in [5, 5.41) is 11.3. The Hall–Kier alpha value is -1.10. The van der Waals surface area contributed by atoms with Gasteiger partial charge in [0.15, 0.2) is 0 Å². The first-order valence-electron chi connectivity index (χ1n) is 7.50. The van der Waals surface area contributed by atoms with Gasteiger partial charge in [0.05, 0.1) is 59.3 Å². The Kier molecular flexibility index (Phi) is 24.3. The number of hydrogen-bond donors (Lipinski definition) is 3. The molecule has 0 heterocycles. The van der Waals surface area contributed by atoms with E-state index in [1.165, 1.54) is 0 Å². The molecule has 0 unspecified atom stereocenters. The Morgan fingerprint density at radius 2 is 1.35 bits per heavy atom. The molecule has 9 nitrogen and oxygen atoms in total. The standard InChI is InChI=1S/C12H25NO6.C2H5NO/c1-13-3-5-17-7-9-19-11-10-18-8-6-16-4-2-12(14)15;3-1-2-4/h13H,2-11H2,1H3,(H,14,15);2H,1,3H2. The van der Waals surface area contributed by atoms with E-state index in [4.69, 9.17) is 28.8 Å². The average Bonchev–Trinajstić information content (AvgIpc) is 2.55. The third-order valence-electron chi connectivity index (χ3n) is 2.17. The van der Waals surface area contributed by atoms with E-state index < -0.39 is 5.97 Å². The Morgan fingerprint density at radius 3 is 1.70 bits per heavy atom. The number of ether oxygens (including phenoxy) is 4. The topological polar surface area (TPSA) is 129 Å². The lowest BCUT2D eigenvalue weighted by Gasteiger charge is -2.07. The second-order valence-electron chi connectivity index (χ2n) is 4.10. The van der Waals surface area contributed by atoms with Crippen LogP contribution in [0.15, 0.2) is 0 Å². The molecular weight excluding hydrogens is 308 g/mol. The molecule has 138 valence electrons. The highest BCUT2D eigenvalue weighted by Crippen LogP contribution is 1.85. The molecule has 0 amide bonds. The minimum absolute atomic E-state index is 0.0245. The van der Waals surface area contributed by atoms with Gasteiger partial charge >= 0.3 is 5.97 Å². The van der Waals surface area contributed by atoms with Gasteiger partial charge in [-0.2, -0.15) is 0 Å². The van der Waals surface area contributed by atoms with E-state index in [-0.39, 0.29) is 19.6 Å². The van der Waals surface area contributed by atoms with Gasteiger partial charge in [-0.3, -0.25) is 4.79 Å². The van der Waals surface area contributed by atoms with E-state index in [2.05, 4.69) is 11.1 Å². The van der Waals surface area contributed by atoms with Gasteiger partial charge in [-0.15, -0.1) is 0 Å². The fourth-order valence-electron chi connectivity index (χ4n) is 1.10. The number of rotatable bonds is 16. The highest BCUT2D eigenvalue weighted by molar-refractivity contribution is 5.66. The summed E-state index contributed by atoms with van der Waals surface area (Å²) in [5.74, 6) is -0.855. The molecule has 0 aliphatic rings. The lowest BCUT2D eigenvalue weighted by atomic mass is 10.5. The molecule has 0 aliphatic heterocycles. The fourth-order valence-corrected chi connectivity index (χ4v) is 1.10. The van der Waals surface area contributed by atoms with Crippen molar-refractivity contribution >= 4 is 12.3 Å². The number of aldehydes is 1. The summed E-state index contributed by atoms with van der Waals surface area (Å²) < 4.78 is 20.8. The van der Waals surface area contributed by atoms with E-state index in [1.807, 2.05) is 7.05 Å². The smallest absolute Gasteiger partial charge is 0.305 e. The zero-order chi connectivity index (χ0) is 17.6. The number of nitrogens with two attached hydrogens (primary N) is 1. The Morgan fingerprint density at radius 1 is 0.957 bits per heavy atom. The van der Waals surface area contributed by atoms with Crippen LogP contribution in [0.2, 0.25) is 0 Å². The number of hydrogen-bond acceptors (Lipinski definition) is 8. The minimum Gasteiger partial charge on any atom is -0.481 e. The normalized spacial score (nSPS) is 10.0. The Labute approximate surface area is 137 Å². The first kappa shape index (κ1) is 24.2. The SMILES string of the molecule is CNCCOCCOCCOCCOCCC(=O)O.NCC=O. The van der Waals surface area contributed by atoms with Crippen molar-refractivity contribution in [2.45, 2.75) is 6.42 Å².